The highest BCUT2D eigenvalue weighted by molar-refractivity contribution is 6.00. The van der Waals surface area contributed by atoms with Gasteiger partial charge in [0, 0.05) is 6.54 Å². The Morgan fingerprint density at radius 2 is 1.67 bits per heavy atom. The number of hydrogen-bond acceptors (Lipinski definition) is 4. The van der Waals surface area contributed by atoms with Crippen LogP contribution in [0.3, 0.4) is 0 Å². The predicted octanol–water partition coefficient (Wildman–Crippen LogP) is -0.383. The predicted molar refractivity (Wildman–Crippen MR) is 52.9 cm³/mol. The van der Waals surface area contributed by atoms with Gasteiger partial charge in [-0.2, -0.15) is 0 Å². The van der Waals surface area contributed by atoms with Crippen molar-refractivity contribution in [1.29, 1.82) is 0 Å². The number of nitrogens with one attached hydrogen (secondary N) is 2. The van der Waals surface area contributed by atoms with E-state index in [0.717, 1.165) is 6.42 Å². The first-order valence-electron chi connectivity index (χ1n) is 4.30. The molecule has 0 aliphatic carbocycles. The molecule has 0 aromatic heterocycles. The van der Waals surface area contributed by atoms with Crippen LogP contribution in [0.4, 0.5) is 9.59 Å². The van der Waals surface area contributed by atoms with E-state index in [1.54, 1.807) is 0 Å². The lowest BCUT2D eigenvalue weighted by molar-refractivity contribution is 0.197. The smallest absolute Gasteiger partial charge is 0.411 e. The van der Waals surface area contributed by atoms with Crippen LogP contribution in [0.2, 0.25) is 0 Å². The first-order chi connectivity index (χ1) is 7.06. The SMILES string of the molecule is NCCCCN=C(NC(=O)O)NC(=O)O. The number of carbonyl (C=O) groups is 2. The maximum atomic E-state index is 10.2. The van der Waals surface area contributed by atoms with Crippen molar-refractivity contribution in [3.05, 3.63) is 0 Å². The highest BCUT2D eigenvalue weighted by atomic mass is 16.4. The van der Waals surface area contributed by atoms with E-state index in [4.69, 9.17) is 15.9 Å². The van der Waals surface area contributed by atoms with Crippen molar-refractivity contribution in [3.63, 3.8) is 0 Å². The van der Waals surface area contributed by atoms with Crippen LogP contribution in [-0.2, 0) is 0 Å². The van der Waals surface area contributed by atoms with Gasteiger partial charge in [-0.15, -0.1) is 0 Å². The van der Waals surface area contributed by atoms with Crippen LogP contribution in [0, 0.1) is 0 Å². The highest BCUT2D eigenvalue weighted by Crippen LogP contribution is 1.86. The third-order valence-corrected chi connectivity index (χ3v) is 1.33. The minimum atomic E-state index is -1.37. The lowest BCUT2D eigenvalue weighted by Gasteiger charge is -2.04. The number of amides is 2. The van der Waals surface area contributed by atoms with E-state index < -0.39 is 12.2 Å². The standard InChI is InChI=1S/C7H14N4O4/c8-3-1-2-4-9-5(10-6(12)13)11-7(14)15/h1-4,8H2,(H,12,13)(H,14,15)(H2,9,10,11). The van der Waals surface area contributed by atoms with Gasteiger partial charge in [0.2, 0.25) is 5.96 Å². The van der Waals surface area contributed by atoms with Crippen molar-refractivity contribution in [2.24, 2.45) is 10.7 Å². The summed E-state index contributed by atoms with van der Waals surface area (Å²) in [6.07, 6.45) is -1.33. The number of nitrogens with zero attached hydrogens (tertiary/aromatic N) is 1. The van der Waals surface area contributed by atoms with Crippen LogP contribution in [0.5, 0.6) is 0 Å². The van der Waals surface area contributed by atoms with Crippen molar-refractivity contribution >= 4 is 18.1 Å². The monoisotopic (exact) mass is 218 g/mol. The third-order valence-electron chi connectivity index (χ3n) is 1.33. The minimum Gasteiger partial charge on any atom is -0.465 e. The maximum Gasteiger partial charge on any atom is 0.411 e. The number of nitrogens with two attached hydrogens (primary N) is 1. The largest absolute Gasteiger partial charge is 0.465 e. The molecule has 0 radical (unpaired) electrons. The molecular weight excluding hydrogens is 204 g/mol. The van der Waals surface area contributed by atoms with Crippen LogP contribution < -0.4 is 16.4 Å². The zero-order valence-corrected chi connectivity index (χ0v) is 8.06. The number of hydrogen-bond donors (Lipinski definition) is 5. The molecule has 86 valence electrons. The summed E-state index contributed by atoms with van der Waals surface area (Å²) in [5, 5.41) is 20.4. The minimum absolute atomic E-state index is 0.299. The Hall–Kier alpha value is -1.83. The second kappa shape index (κ2) is 7.56. The molecule has 2 amide bonds. The van der Waals surface area contributed by atoms with E-state index in [1.807, 2.05) is 10.6 Å². The summed E-state index contributed by atoms with van der Waals surface area (Å²) in [6, 6.07) is 0. The van der Waals surface area contributed by atoms with E-state index in [2.05, 4.69) is 4.99 Å². The zero-order chi connectivity index (χ0) is 11.7. The number of carboxylic acid groups (broad SMARTS) is 2. The third kappa shape index (κ3) is 8.50. The Bertz CT molecular complexity index is 235. The molecule has 15 heavy (non-hydrogen) atoms. The Balaban J connectivity index is 4.08. The molecule has 0 spiro atoms. The second-order valence-electron chi connectivity index (χ2n) is 2.59. The molecule has 0 saturated heterocycles. The van der Waals surface area contributed by atoms with Crippen LogP contribution in [0.25, 0.3) is 0 Å². The number of unbranched alkanes of at least 4 members (excludes halogenated alkanes) is 1. The normalized spacial score (nSPS) is 9.13. The summed E-state index contributed by atoms with van der Waals surface area (Å²) in [6.45, 7) is 0.830. The summed E-state index contributed by atoms with van der Waals surface area (Å²) < 4.78 is 0. The van der Waals surface area contributed by atoms with E-state index >= 15 is 0 Å². The summed E-state index contributed by atoms with van der Waals surface area (Å²) in [4.78, 5) is 24.2. The van der Waals surface area contributed by atoms with E-state index in [0.29, 0.717) is 19.5 Å². The fourth-order valence-corrected chi connectivity index (χ4v) is 0.760. The topological polar surface area (TPSA) is 137 Å². The first-order valence-corrected chi connectivity index (χ1v) is 4.30. The molecule has 0 unspecified atom stereocenters. The van der Waals surface area contributed by atoms with Gasteiger partial charge in [0.05, 0.1) is 0 Å². The second-order valence-corrected chi connectivity index (χ2v) is 2.59. The van der Waals surface area contributed by atoms with E-state index in [9.17, 15) is 9.59 Å². The lowest BCUT2D eigenvalue weighted by atomic mass is 10.3. The summed E-state index contributed by atoms with van der Waals surface area (Å²) in [5.41, 5.74) is 5.24. The molecule has 6 N–H and O–H groups in total. The quantitative estimate of drug-likeness (QED) is 0.249. The molecule has 8 heteroatoms. The Labute approximate surface area is 86.2 Å². The zero-order valence-electron chi connectivity index (χ0n) is 8.06. The lowest BCUT2D eigenvalue weighted by Crippen LogP contribution is -2.42. The van der Waals surface area contributed by atoms with Gasteiger partial charge in [-0.1, -0.05) is 0 Å². The molecular formula is C7H14N4O4. The number of rotatable bonds is 4. The molecule has 0 bridgehead atoms. The first kappa shape index (κ1) is 13.2. The molecule has 0 aromatic carbocycles. The van der Waals surface area contributed by atoms with Crippen molar-refractivity contribution < 1.29 is 19.8 Å². The molecule has 0 aromatic rings. The highest BCUT2D eigenvalue weighted by Gasteiger charge is 2.05. The fraction of sp³-hybridized carbons (Fsp3) is 0.571. The number of aliphatic imine (C=N–C) groups is 1. The Morgan fingerprint density at radius 1 is 1.13 bits per heavy atom. The van der Waals surface area contributed by atoms with Crippen LogP contribution >= 0.6 is 0 Å². The van der Waals surface area contributed by atoms with Gasteiger partial charge < -0.3 is 15.9 Å². The van der Waals surface area contributed by atoms with Gasteiger partial charge in [0.1, 0.15) is 0 Å². The summed E-state index contributed by atoms with van der Waals surface area (Å²) >= 11 is 0. The molecule has 0 heterocycles. The average Bonchev–Trinajstić information content (AvgIpc) is 2.10. The molecule has 0 fully saturated rings. The molecule has 0 rings (SSSR count). The Morgan fingerprint density at radius 3 is 2.07 bits per heavy atom. The van der Waals surface area contributed by atoms with Gasteiger partial charge in [-0.25, -0.2) is 9.59 Å². The van der Waals surface area contributed by atoms with Crippen LogP contribution in [0.15, 0.2) is 4.99 Å². The van der Waals surface area contributed by atoms with Crippen molar-refractivity contribution in [2.75, 3.05) is 13.1 Å². The molecule has 0 saturated carbocycles. The maximum absolute atomic E-state index is 10.2. The molecule has 0 aliphatic heterocycles. The van der Waals surface area contributed by atoms with Gasteiger partial charge in [0.15, 0.2) is 0 Å². The van der Waals surface area contributed by atoms with Crippen LogP contribution in [-0.4, -0.2) is 41.4 Å². The van der Waals surface area contributed by atoms with Crippen molar-refractivity contribution in [1.82, 2.24) is 10.6 Å². The van der Waals surface area contributed by atoms with Gasteiger partial charge in [0.25, 0.3) is 0 Å². The Kier molecular flexibility index (Phi) is 6.64. The van der Waals surface area contributed by atoms with Crippen LogP contribution in [0.1, 0.15) is 12.8 Å². The summed E-state index contributed by atoms with van der Waals surface area (Å²) in [5.74, 6) is -0.299. The van der Waals surface area contributed by atoms with Crippen molar-refractivity contribution in [3.8, 4) is 0 Å². The van der Waals surface area contributed by atoms with Crippen molar-refractivity contribution in [2.45, 2.75) is 12.8 Å². The average molecular weight is 218 g/mol. The summed E-state index contributed by atoms with van der Waals surface area (Å²) in [7, 11) is 0. The fourth-order valence-electron chi connectivity index (χ4n) is 0.760. The number of guanidine groups is 1. The van der Waals surface area contributed by atoms with E-state index in [1.165, 1.54) is 0 Å². The molecule has 0 aliphatic rings. The molecule has 0 atom stereocenters. The van der Waals surface area contributed by atoms with Gasteiger partial charge in [-0.05, 0) is 19.4 Å². The van der Waals surface area contributed by atoms with Gasteiger partial charge in [-0.3, -0.25) is 15.6 Å². The van der Waals surface area contributed by atoms with E-state index in [-0.39, 0.29) is 5.96 Å². The molecule has 8 nitrogen and oxygen atoms in total. The van der Waals surface area contributed by atoms with Gasteiger partial charge >= 0.3 is 12.2 Å².